The van der Waals surface area contributed by atoms with Gasteiger partial charge in [0.25, 0.3) is 0 Å². The first-order chi connectivity index (χ1) is 12.6. The molecule has 0 saturated heterocycles. The van der Waals surface area contributed by atoms with Crippen LogP contribution in [0.5, 0.6) is 0 Å². The summed E-state index contributed by atoms with van der Waals surface area (Å²) < 4.78 is 1.88. The lowest BCUT2D eigenvalue weighted by Crippen LogP contribution is -2.39. The van der Waals surface area contributed by atoms with Gasteiger partial charge in [-0.3, -0.25) is 0 Å². The predicted molar refractivity (Wildman–Crippen MR) is 102 cm³/mol. The summed E-state index contributed by atoms with van der Waals surface area (Å²) in [6.07, 6.45) is 3.33. The summed E-state index contributed by atoms with van der Waals surface area (Å²) in [6, 6.07) is 17.7. The van der Waals surface area contributed by atoms with Crippen molar-refractivity contribution in [3.63, 3.8) is 0 Å². The van der Waals surface area contributed by atoms with Crippen molar-refractivity contribution in [3.8, 4) is 0 Å². The Kier molecular flexibility index (Phi) is 5.63. The lowest BCUT2D eigenvalue weighted by Gasteiger charge is -2.22. The van der Waals surface area contributed by atoms with E-state index in [4.69, 9.17) is 0 Å². The van der Waals surface area contributed by atoms with Gasteiger partial charge in [-0.05, 0) is 30.2 Å². The summed E-state index contributed by atoms with van der Waals surface area (Å²) in [5.74, 6) is 0.224. The van der Waals surface area contributed by atoms with Crippen molar-refractivity contribution >= 4 is 11.7 Å². The third-order valence-electron chi connectivity index (χ3n) is 4.45. The molecule has 2 atom stereocenters. The SMILES string of the molecule is CC(NC(=O)Nc1cccc(Cn2cnnc2)c1)C(C)c1ccccc1. The van der Waals surface area contributed by atoms with E-state index in [1.807, 2.05) is 54.0 Å². The molecule has 6 heteroatoms. The Bertz CT molecular complexity index is 832. The zero-order chi connectivity index (χ0) is 18.4. The Morgan fingerprint density at radius 3 is 2.50 bits per heavy atom. The zero-order valence-electron chi connectivity index (χ0n) is 15.0. The summed E-state index contributed by atoms with van der Waals surface area (Å²) >= 11 is 0. The monoisotopic (exact) mass is 349 g/mol. The van der Waals surface area contributed by atoms with Gasteiger partial charge in [0.15, 0.2) is 0 Å². The topological polar surface area (TPSA) is 71.8 Å². The second-order valence-electron chi connectivity index (χ2n) is 6.42. The van der Waals surface area contributed by atoms with Gasteiger partial charge in [0.1, 0.15) is 12.7 Å². The number of amides is 2. The summed E-state index contributed by atoms with van der Waals surface area (Å²) in [4.78, 5) is 12.3. The quantitative estimate of drug-likeness (QED) is 0.714. The maximum absolute atomic E-state index is 12.3. The molecule has 0 fully saturated rings. The maximum Gasteiger partial charge on any atom is 0.319 e. The van der Waals surface area contributed by atoms with Crippen LogP contribution in [0, 0.1) is 0 Å². The van der Waals surface area contributed by atoms with Crippen molar-refractivity contribution in [2.75, 3.05) is 5.32 Å². The highest BCUT2D eigenvalue weighted by atomic mass is 16.2. The number of rotatable bonds is 6. The van der Waals surface area contributed by atoms with Crippen molar-refractivity contribution in [2.24, 2.45) is 0 Å². The van der Waals surface area contributed by atoms with Crippen LogP contribution in [-0.4, -0.2) is 26.8 Å². The van der Waals surface area contributed by atoms with Gasteiger partial charge in [0.2, 0.25) is 0 Å². The molecule has 0 spiro atoms. The van der Waals surface area contributed by atoms with Crippen LogP contribution in [0.15, 0.2) is 67.3 Å². The minimum Gasteiger partial charge on any atom is -0.335 e. The number of hydrogen-bond donors (Lipinski definition) is 2. The van der Waals surface area contributed by atoms with E-state index in [0.29, 0.717) is 6.54 Å². The van der Waals surface area contributed by atoms with E-state index in [1.54, 1.807) is 12.7 Å². The van der Waals surface area contributed by atoms with Crippen LogP contribution in [0.25, 0.3) is 0 Å². The second-order valence-corrected chi connectivity index (χ2v) is 6.42. The van der Waals surface area contributed by atoms with Crippen LogP contribution in [0.1, 0.15) is 30.9 Å². The number of anilines is 1. The van der Waals surface area contributed by atoms with E-state index in [-0.39, 0.29) is 18.0 Å². The summed E-state index contributed by atoms with van der Waals surface area (Å²) in [7, 11) is 0. The van der Waals surface area contributed by atoms with E-state index in [1.165, 1.54) is 5.56 Å². The van der Waals surface area contributed by atoms with Gasteiger partial charge in [0, 0.05) is 17.6 Å². The lowest BCUT2D eigenvalue weighted by molar-refractivity contribution is 0.248. The Labute approximate surface area is 153 Å². The van der Waals surface area contributed by atoms with Crippen molar-refractivity contribution in [1.29, 1.82) is 0 Å². The fourth-order valence-corrected chi connectivity index (χ4v) is 2.81. The summed E-state index contributed by atoms with van der Waals surface area (Å²) in [5.41, 5.74) is 3.03. The fourth-order valence-electron chi connectivity index (χ4n) is 2.81. The van der Waals surface area contributed by atoms with E-state index in [0.717, 1.165) is 11.3 Å². The molecule has 0 radical (unpaired) electrons. The highest BCUT2D eigenvalue weighted by Gasteiger charge is 2.16. The van der Waals surface area contributed by atoms with Crippen molar-refractivity contribution in [3.05, 3.63) is 78.4 Å². The number of nitrogens with zero attached hydrogens (tertiary/aromatic N) is 3. The average molecular weight is 349 g/mol. The summed E-state index contributed by atoms with van der Waals surface area (Å²) in [5, 5.41) is 13.5. The van der Waals surface area contributed by atoms with E-state index in [9.17, 15) is 4.79 Å². The van der Waals surface area contributed by atoms with Gasteiger partial charge in [-0.25, -0.2) is 4.79 Å². The van der Waals surface area contributed by atoms with Crippen molar-refractivity contribution in [2.45, 2.75) is 32.4 Å². The minimum atomic E-state index is -0.207. The van der Waals surface area contributed by atoms with Gasteiger partial charge in [-0.15, -0.1) is 10.2 Å². The molecule has 3 rings (SSSR count). The highest BCUT2D eigenvalue weighted by Crippen LogP contribution is 2.19. The van der Waals surface area contributed by atoms with Crippen LogP contribution in [0.4, 0.5) is 10.5 Å². The van der Waals surface area contributed by atoms with Crippen molar-refractivity contribution < 1.29 is 4.79 Å². The van der Waals surface area contributed by atoms with E-state index >= 15 is 0 Å². The third kappa shape index (κ3) is 4.69. The molecule has 2 N–H and O–H groups in total. The first-order valence-electron chi connectivity index (χ1n) is 8.65. The van der Waals surface area contributed by atoms with Crippen LogP contribution >= 0.6 is 0 Å². The highest BCUT2D eigenvalue weighted by molar-refractivity contribution is 5.89. The largest absolute Gasteiger partial charge is 0.335 e. The predicted octanol–water partition coefficient (Wildman–Crippen LogP) is 3.64. The number of hydrogen-bond acceptors (Lipinski definition) is 3. The molecule has 2 amide bonds. The zero-order valence-corrected chi connectivity index (χ0v) is 15.0. The van der Waals surface area contributed by atoms with Gasteiger partial charge in [0.05, 0.1) is 6.54 Å². The molecule has 3 aromatic rings. The Morgan fingerprint density at radius 1 is 1.04 bits per heavy atom. The fraction of sp³-hybridized carbons (Fsp3) is 0.250. The van der Waals surface area contributed by atoms with Gasteiger partial charge in [-0.2, -0.15) is 0 Å². The Balaban J connectivity index is 1.57. The van der Waals surface area contributed by atoms with Gasteiger partial charge in [-0.1, -0.05) is 49.4 Å². The Hall–Kier alpha value is -3.15. The van der Waals surface area contributed by atoms with Crippen LogP contribution in [0.3, 0.4) is 0 Å². The number of nitrogens with one attached hydrogen (secondary N) is 2. The Morgan fingerprint density at radius 2 is 1.77 bits per heavy atom. The molecule has 134 valence electrons. The smallest absolute Gasteiger partial charge is 0.319 e. The normalized spacial score (nSPS) is 13.0. The number of urea groups is 1. The number of aromatic nitrogens is 3. The first-order valence-corrected chi connectivity index (χ1v) is 8.65. The molecular weight excluding hydrogens is 326 g/mol. The molecule has 1 heterocycles. The molecule has 2 aromatic carbocycles. The lowest BCUT2D eigenvalue weighted by atomic mass is 9.95. The molecule has 0 aliphatic carbocycles. The molecule has 6 nitrogen and oxygen atoms in total. The van der Waals surface area contributed by atoms with Gasteiger partial charge >= 0.3 is 6.03 Å². The number of benzene rings is 2. The van der Waals surface area contributed by atoms with Crippen molar-refractivity contribution in [1.82, 2.24) is 20.1 Å². The van der Waals surface area contributed by atoms with Crippen LogP contribution in [-0.2, 0) is 6.54 Å². The molecule has 1 aromatic heterocycles. The van der Waals surface area contributed by atoms with Crippen LogP contribution < -0.4 is 10.6 Å². The second kappa shape index (κ2) is 8.29. The minimum absolute atomic E-state index is 0.0117. The third-order valence-corrected chi connectivity index (χ3v) is 4.45. The number of carbonyl (C=O) groups is 1. The molecule has 0 saturated carbocycles. The van der Waals surface area contributed by atoms with Crippen LogP contribution in [0.2, 0.25) is 0 Å². The first kappa shape index (κ1) is 17.7. The molecule has 0 aliphatic rings. The van der Waals surface area contributed by atoms with Gasteiger partial charge < -0.3 is 15.2 Å². The molecule has 0 bridgehead atoms. The molecule has 0 aliphatic heterocycles. The van der Waals surface area contributed by atoms with E-state index in [2.05, 4.69) is 39.9 Å². The standard InChI is InChI=1S/C20H23N5O/c1-15(18-8-4-3-5-9-18)16(2)23-20(26)24-19-10-6-7-17(11-19)12-25-13-21-22-14-25/h3-11,13-16H,12H2,1-2H3,(H2,23,24,26). The molecule has 2 unspecified atom stereocenters. The summed E-state index contributed by atoms with van der Waals surface area (Å²) in [6.45, 7) is 4.78. The van der Waals surface area contributed by atoms with E-state index < -0.39 is 0 Å². The average Bonchev–Trinajstić information content (AvgIpc) is 3.15. The maximum atomic E-state index is 12.3. The molecule has 26 heavy (non-hydrogen) atoms. The molecular formula is C20H23N5O. The number of carbonyl (C=O) groups excluding carboxylic acids is 1.